The summed E-state index contributed by atoms with van der Waals surface area (Å²) >= 11 is 5.05. The first-order valence-corrected chi connectivity index (χ1v) is 6.61. The molecule has 0 unspecified atom stereocenters. The van der Waals surface area contributed by atoms with Gasteiger partial charge in [0, 0.05) is 13.1 Å². The summed E-state index contributed by atoms with van der Waals surface area (Å²) in [6, 6.07) is 6.37. The number of carbonyl (C=O) groups is 1. The quantitative estimate of drug-likeness (QED) is 0.842. The Morgan fingerprint density at radius 3 is 2.94 bits per heavy atom. The van der Waals surface area contributed by atoms with Crippen LogP contribution in [0, 0.1) is 0 Å². The second-order valence-corrected chi connectivity index (χ2v) is 4.96. The fourth-order valence-corrected chi connectivity index (χ4v) is 2.56. The SMILES string of the molecule is CN1CCc2cccc(CCC(=O)OCl)c2CC1. The second kappa shape index (κ2) is 6.21. The van der Waals surface area contributed by atoms with Crippen LogP contribution in [0.15, 0.2) is 18.2 Å². The van der Waals surface area contributed by atoms with Gasteiger partial charge in [0.25, 0.3) is 0 Å². The fourth-order valence-electron chi connectivity index (χ4n) is 2.48. The Bertz CT molecular complexity index is 434. The van der Waals surface area contributed by atoms with Gasteiger partial charge in [-0.2, -0.15) is 0 Å². The molecule has 0 amide bonds. The minimum Gasteiger partial charge on any atom is -0.348 e. The number of benzene rings is 1. The summed E-state index contributed by atoms with van der Waals surface area (Å²) in [5.74, 6) is -0.361. The van der Waals surface area contributed by atoms with E-state index in [4.69, 9.17) is 11.9 Å². The van der Waals surface area contributed by atoms with Gasteiger partial charge in [0.05, 0.1) is 6.42 Å². The van der Waals surface area contributed by atoms with Gasteiger partial charge in [-0.15, -0.1) is 0 Å². The van der Waals surface area contributed by atoms with E-state index in [1.165, 1.54) is 16.7 Å². The third kappa shape index (κ3) is 3.24. The third-order valence-electron chi connectivity index (χ3n) is 3.56. The van der Waals surface area contributed by atoms with Gasteiger partial charge in [-0.1, -0.05) is 18.2 Å². The Morgan fingerprint density at radius 2 is 2.17 bits per heavy atom. The van der Waals surface area contributed by atoms with Gasteiger partial charge in [-0.25, -0.2) is 0 Å². The molecule has 1 heterocycles. The Balaban J connectivity index is 2.14. The number of fused-ring (bicyclic) bond motifs is 1. The molecule has 0 fully saturated rings. The van der Waals surface area contributed by atoms with Crippen LogP contribution in [0.3, 0.4) is 0 Å². The second-order valence-electron chi connectivity index (χ2n) is 4.81. The average Bonchev–Trinajstić information content (AvgIpc) is 2.58. The van der Waals surface area contributed by atoms with Gasteiger partial charge < -0.3 is 9.19 Å². The molecule has 0 saturated carbocycles. The van der Waals surface area contributed by atoms with Crippen molar-refractivity contribution in [2.45, 2.75) is 25.7 Å². The lowest BCUT2D eigenvalue weighted by Crippen LogP contribution is -2.20. The lowest BCUT2D eigenvalue weighted by molar-refractivity contribution is -0.133. The molecule has 3 nitrogen and oxygen atoms in total. The maximum absolute atomic E-state index is 11.1. The van der Waals surface area contributed by atoms with E-state index in [2.05, 4.69) is 34.4 Å². The maximum atomic E-state index is 11.1. The molecule has 0 N–H and O–H groups in total. The molecule has 0 spiro atoms. The van der Waals surface area contributed by atoms with Crippen LogP contribution in [0.2, 0.25) is 0 Å². The van der Waals surface area contributed by atoms with E-state index in [-0.39, 0.29) is 5.97 Å². The van der Waals surface area contributed by atoms with E-state index < -0.39 is 0 Å². The highest BCUT2D eigenvalue weighted by molar-refractivity contribution is 6.13. The Hall–Kier alpha value is -1.06. The van der Waals surface area contributed by atoms with Crippen molar-refractivity contribution in [3.63, 3.8) is 0 Å². The van der Waals surface area contributed by atoms with Gasteiger partial charge in [0.1, 0.15) is 11.9 Å². The lowest BCUT2D eigenvalue weighted by atomic mass is 9.94. The summed E-state index contributed by atoms with van der Waals surface area (Å²) in [6.45, 7) is 2.17. The molecule has 98 valence electrons. The molecule has 1 aliphatic rings. The van der Waals surface area contributed by atoms with Gasteiger partial charge in [0.15, 0.2) is 0 Å². The first-order chi connectivity index (χ1) is 8.70. The third-order valence-corrected chi connectivity index (χ3v) is 3.73. The number of carbonyl (C=O) groups excluding carboxylic acids is 1. The van der Waals surface area contributed by atoms with E-state index in [0.29, 0.717) is 12.8 Å². The van der Waals surface area contributed by atoms with Crippen molar-refractivity contribution in [3.05, 3.63) is 34.9 Å². The number of likely N-dealkylation sites (N-methyl/N-ethyl adjacent to an activating group) is 1. The lowest BCUT2D eigenvalue weighted by Gasteiger charge is -2.12. The largest absolute Gasteiger partial charge is 0.348 e. The van der Waals surface area contributed by atoms with Crippen LogP contribution >= 0.6 is 11.9 Å². The van der Waals surface area contributed by atoms with Crippen molar-refractivity contribution in [2.24, 2.45) is 0 Å². The highest BCUT2D eigenvalue weighted by Crippen LogP contribution is 2.21. The normalized spacial score (nSPS) is 15.9. The molecular weight excluding hydrogens is 250 g/mol. The van der Waals surface area contributed by atoms with Crippen LogP contribution in [-0.4, -0.2) is 31.0 Å². The van der Waals surface area contributed by atoms with E-state index in [9.17, 15) is 4.79 Å². The van der Waals surface area contributed by atoms with E-state index in [0.717, 1.165) is 25.9 Å². The number of nitrogens with zero attached hydrogens (tertiary/aromatic N) is 1. The zero-order valence-corrected chi connectivity index (χ0v) is 11.4. The molecule has 2 rings (SSSR count). The number of hydrogen-bond acceptors (Lipinski definition) is 3. The van der Waals surface area contributed by atoms with Crippen LogP contribution < -0.4 is 0 Å². The number of aryl methyl sites for hydroxylation is 1. The molecule has 0 atom stereocenters. The van der Waals surface area contributed by atoms with Crippen LogP contribution in [0.25, 0.3) is 0 Å². The van der Waals surface area contributed by atoms with Crippen molar-refractivity contribution in [1.29, 1.82) is 0 Å². The molecular formula is C14H18ClNO2. The molecule has 0 saturated heterocycles. The smallest absolute Gasteiger partial charge is 0.325 e. The Labute approximate surface area is 113 Å². The Kier molecular flexibility index (Phi) is 4.61. The molecule has 4 heteroatoms. The molecule has 0 aliphatic carbocycles. The van der Waals surface area contributed by atoms with Crippen LogP contribution in [-0.2, 0) is 28.3 Å². The van der Waals surface area contributed by atoms with Crippen LogP contribution in [0.4, 0.5) is 0 Å². The highest BCUT2D eigenvalue weighted by atomic mass is 35.5. The van der Waals surface area contributed by atoms with Gasteiger partial charge >= 0.3 is 5.97 Å². The van der Waals surface area contributed by atoms with E-state index >= 15 is 0 Å². The highest BCUT2D eigenvalue weighted by Gasteiger charge is 2.14. The first kappa shape index (κ1) is 13.4. The Morgan fingerprint density at radius 1 is 1.39 bits per heavy atom. The van der Waals surface area contributed by atoms with Crippen LogP contribution in [0.1, 0.15) is 23.1 Å². The molecule has 1 aliphatic heterocycles. The molecule has 1 aromatic carbocycles. The standard InChI is InChI=1S/C14H18ClNO2/c1-16-9-7-12-4-2-3-11(13(12)8-10-16)5-6-14(17)18-15/h2-4H,5-10H2,1H3. The van der Waals surface area contributed by atoms with Crippen molar-refractivity contribution >= 4 is 17.8 Å². The van der Waals surface area contributed by atoms with Gasteiger partial charge in [0.2, 0.25) is 0 Å². The van der Waals surface area contributed by atoms with E-state index in [1.54, 1.807) is 0 Å². The number of halogens is 1. The van der Waals surface area contributed by atoms with Crippen molar-refractivity contribution < 1.29 is 9.08 Å². The summed E-state index contributed by atoms with van der Waals surface area (Å²) in [5, 5.41) is 0. The predicted molar refractivity (Wildman–Crippen MR) is 71.6 cm³/mol. The summed E-state index contributed by atoms with van der Waals surface area (Å²) in [7, 11) is 2.15. The fraction of sp³-hybridized carbons (Fsp3) is 0.500. The topological polar surface area (TPSA) is 29.5 Å². The summed E-state index contributed by atoms with van der Waals surface area (Å²) < 4.78 is 4.18. The van der Waals surface area contributed by atoms with Crippen molar-refractivity contribution in [3.8, 4) is 0 Å². The van der Waals surface area contributed by atoms with Crippen molar-refractivity contribution in [2.75, 3.05) is 20.1 Å². The molecule has 18 heavy (non-hydrogen) atoms. The van der Waals surface area contributed by atoms with Crippen LogP contribution in [0.5, 0.6) is 0 Å². The average molecular weight is 268 g/mol. The van der Waals surface area contributed by atoms with Gasteiger partial charge in [-0.05, 0) is 43.0 Å². The molecule has 1 aromatic rings. The monoisotopic (exact) mass is 267 g/mol. The summed E-state index contributed by atoms with van der Waals surface area (Å²) in [4.78, 5) is 13.5. The zero-order chi connectivity index (χ0) is 13.0. The molecule has 0 aromatic heterocycles. The number of rotatable bonds is 3. The predicted octanol–water partition coefficient (Wildman–Crippen LogP) is 2.35. The first-order valence-electron chi connectivity index (χ1n) is 6.30. The van der Waals surface area contributed by atoms with Crippen molar-refractivity contribution in [1.82, 2.24) is 4.90 Å². The summed E-state index contributed by atoms with van der Waals surface area (Å²) in [6.07, 6.45) is 3.19. The van der Waals surface area contributed by atoms with E-state index in [1.807, 2.05) is 0 Å². The molecule has 0 radical (unpaired) electrons. The summed E-state index contributed by atoms with van der Waals surface area (Å²) in [5.41, 5.74) is 4.07. The van der Waals surface area contributed by atoms with Gasteiger partial charge in [-0.3, -0.25) is 4.79 Å². The minimum atomic E-state index is -0.361. The number of hydrogen-bond donors (Lipinski definition) is 0. The minimum absolute atomic E-state index is 0.343. The maximum Gasteiger partial charge on any atom is 0.325 e. The zero-order valence-electron chi connectivity index (χ0n) is 10.6. The molecule has 0 bridgehead atoms.